The number of hydrogen-bond acceptors (Lipinski definition) is 6. The molecule has 0 aliphatic heterocycles. The minimum atomic E-state index is 0.733. The highest BCUT2D eigenvalue weighted by Crippen LogP contribution is 2.18. The van der Waals surface area contributed by atoms with Crippen molar-refractivity contribution in [1.29, 1.82) is 0 Å². The van der Waals surface area contributed by atoms with Crippen molar-refractivity contribution in [3.63, 3.8) is 0 Å². The van der Waals surface area contributed by atoms with Gasteiger partial charge in [-0.05, 0) is 6.92 Å². The standard InChI is InChI=1S/C11H13N7S/c1-2-17-8-13-15-10(17)3-5-18-7-9(14-16-18)11-12-4-6-19-11/h4,6-8H,2-3,5H2,1H3. The van der Waals surface area contributed by atoms with Gasteiger partial charge in [0.1, 0.15) is 22.9 Å². The molecule has 98 valence electrons. The van der Waals surface area contributed by atoms with E-state index in [0.29, 0.717) is 0 Å². The fraction of sp³-hybridized carbons (Fsp3) is 0.364. The van der Waals surface area contributed by atoms with Crippen LogP contribution in [0.1, 0.15) is 12.7 Å². The van der Waals surface area contributed by atoms with Crippen LogP contribution in [0.15, 0.2) is 24.1 Å². The third kappa shape index (κ3) is 2.53. The molecule has 3 rings (SSSR count). The van der Waals surface area contributed by atoms with Gasteiger partial charge >= 0.3 is 0 Å². The minimum absolute atomic E-state index is 0.733. The topological polar surface area (TPSA) is 74.3 Å². The highest BCUT2D eigenvalue weighted by atomic mass is 32.1. The Labute approximate surface area is 113 Å². The van der Waals surface area contributed by atoms with Gasteiger partial charge in [-0.15, -0.1) is 26.6 Å². The summed E-state index contributed by atoms with van der Waals surface area (Å²) in [6.07, 6.45) is 6.21. The van der Waals surface area contributed by atoms with Crippen LogP contribution in [0.25, 0.3) is 10.7 Å². The second-order valence-corrected chi connectivity index (χ2v) is 4.88. The molecule has 0 radical (unpaired) electrons. The van der Waals surface area contributed by atoms with Crippen LogP contribution in [0, 0.1) is 0 Å². The molecule has 0 saturated carbocycles. The van der Waals surface area contributed by atoms with E-state index in [0.717, 1.165) is 36.0 Å². The highest BCUT2D eigenvalue weighted by molar-refractivity contribution is 7.13. The average molecular weight is 275 g/mol. The van der Waals surface area contributed by atoms with Gasteiger partial charge in [-0.25, -0.2) is 4.98 Å². The highest BCUT2D eigenvalue weighted by Gasteiger charge is 2.07. The number of rotatable bonds is 5. The van der Waals surface area contributed by atoms with Gasteiger partial charge in [0.05, 0.1) is 6.20 Å². The maximum atomic E-state index is 4.21. The van der Waals surface area contributed by atoms with E-state index in [-0.39, 0.29) is 0 Å². The second kappa shape index (κ2) is 5.27. The molecule has 0 aliphatic carbocycles. The monoisotopic (exact) mass is 275 g/mol. The van der Waals surface area contributed by atoms with Crippen LogP contribution >= 0.6 is 11.3 Å². The summed E-state index contributed by atoms with van der Waals surface area (Å²) in [5.41, 5.74) is 0.812. The number of aryl methyl sites for hydroxylation is 3. The van der Waals surface area contributed by atoms with Gasteiger partial charge in [0.2, 0.25) is 0 Å². The largest absolute Gasteiger partial charge is 0.318 e. The van der Waals surface area contributed by atoms with Crippen LogP contribution < -0.4 is 0 Å². The van der Waals surface area contributed by atoms with Crippen LogP contribution in [-0.2, 0) is 19.5 Å². The lowest BCUT2D eigenvalue weighted by molar-refractivity contribution is 0.560. The lowest BCUT2D eigenvalue weighted by Gasteiger charge is -2.02. The van der Waals surface area contributed by atoms with Crippen molar-refractivity contribution in [2.45, 2.75) is 26.4 Å². The summed E-state index contributed by atoms with van der Waals surface area (Å²) in [6, 6.07) is 0. The van der Waals surface area contributed by atoms with Gasteiger partial charge in [0, 0.05) is 31.1 Å². The van der Waals surface area contributed by atoms with Gasteiger partial charge in [-0.2, -0.15) is 0 Å². The number of hydrogen-bond donors (Lipinski definition) is 0. The van der Waals surface area contributed by atoms with E-state index in [4.69, 9.17) is 0 Å². The molecule has 19 heavy (non-hydrogen) atoms. The molecule has 0 unspecified atom stereocenters. The van der Waals surface area contributed by atoms with E-state index >= 15 is 0 Å². The number of thiazole rings is 1. The van der Waals surface area contributed by atoms with Gasteiger partial charge in [-0.1, -0.05) is 5.21 Å². The zero-order chi connectivity index (χ0) is 13.1. The summed E-state index contributed by atoms with van der Waals surface area (Å²) in [7, 11) is 0. The molecule has 0 bridgehead atoms. The summed E-state index contributed by atoms with van der Waals surface area (Å²) in [5.74, 6) is 0.966. The zero-order valence-corrected chi connectivity index (χ0v) is 11.3. The van der Waals surface area contributed by atoms with E-state index in [1.165, 1.54) is 0 Å². The molecule has 0 atom stereocenters. The van der Waals surface area contributed by atoms with Crippen LogP contribution in [0.5, 0.6) is 0 Å². The Bertz CT molecular complexity index is 640. The van der Waals surface area contributed by atoms with Crippen LogP contribution in [0.2, 0.25) is 0 Å². The summed E-state index contributed by atoms with van der Waals surface area (Å²) in [5, 5.41) is 19.1. The molecule has 0 spiro atoms. The Morgan fingerprint density at radius 1 is 1.32 bits per heavy atom. The predicted octanol–water partition coefficient (Wildman–Crippen LogP) is 1.26. The molecule has 3 aromatic heterocycles. The normalized spacial score (nSPS) is 11.0. The first kappa shape index (κ1) is 12.0. The molecular weight excluding hydrogens is 262 g/mol. The van der Waals surface area contributed by atoms with Gasteiger partial charge in [0.25, 0.3) is 0 Å². The summed E-state index contributed by atoms with van der Waals surface area (Å²) in [4.78, 5) is 4.21. The number of nitrogens with zero attached hydrogens (tertiary/aromatic N) is 7. The fourth-order valence-corrected chi connectivity index (χ4v) is 2.39. The molecular formula is C11H13N7S. The predicted molar refractivity (Wildman–Crippen MR) is 70.5 cm³/mol. The maximum absolute atomic E-state index is 4.21. The van der Waals surface area contributed by atoms with E-state index in [1.54, 1.807) is 23.9 Å². The number of aromatic nitrogens is 7. The van der Waals surface area contributed by atoms with Crippen LogP contribution in [0.4, 0.5) is 0 Å². The van der Waals surface area contributed by atoms with Crippen molar-refractivity contribution in [2.75, 3.05) is 0 Å². The Balaban J connectivity index is 1.68. The maximum Gasteiger partial charge on any atom is 0.145 e. The first-order valence-electron chi connectivity index (χ1n) is 6.03. The fourth-order valence-electron chi connectivity index (χ4n) is 1.81. The van der Waals surface area contributed by atoms with Crippen molar-refractivity contribution < 1.29 is 0 Å². The quantitative estimate of drug-likeness (QED) is 0.700. The molecule has 0 aliphatic rings. The Hall–Kier alpha value is -2.09. The molecule has 0 N–H and O–H groups in total. The van der Waals surface area contributed by atoms with E-state index < -0.39 is 0 Å². The second-order valence-electron chi connectivity index (χ2n) is 3.99. The Kier molecular flexibility index (Phi) is 3.32. The molecule has 0 amide bonds. The summed E-state index contributed by atoms with van der Waals surface area (Å²) < 4.78 is 3.84. The van der Waals surface area contributed by atoms with Crippen LogP contribution in [0.3, 0.4) is 0 Å². The van der Waals surface area contributed by atoms with E-state index in [1.807, 2.05) is 20.8 Å². The van der Waals surface area contributed by atoms with Crippen molar-refractivity contribution in [3.05, 3.63) is 29.9 Å². The summed E-state index contributed by atoms with van der Waals surface area (Å²) in [6.45, 7) is 3.68. The van der Waals surface area contributed by atoms with Crippen molar-refractivity contribution in [3.8, 4) is 10.7 Å². The van der Waals surface area contributed by atoms with E-state index in [2.05, 4.69) is 32.4 Å². The molecule has 0 saturated heterocycles. The molecule has 3 aromatic rings. The van der Waals surface area contributed by atoms with E-state index in [9.17, 15) is 0 Å². The average Bonchev–Trinajstić information content (AvgIpc) is 3.16. The Morgan fingerprint density at radius 3 is 3.05 bits per heavy atom. The molecule has 0 fully saturated rings. The first-order chi connectivity index (χ1) is 9.36. The lowest BCUT2D eigenvalue weighted by Crippen LogP contribution is -2.07. The summed E-state index contributed by atoms with van der Waals surface area (Å²) >= 11 is 1.56. The van der Waals surface area contributed by atoms with Gasteiger partial charge < -0.3 is 4.57 Å². The molecule has 3 heterocycles. The van der Waals surface area contributed by atoms with Crippen molar-refractivity contribution in [2.24, 2.45) is 0 Å². The van der Waals surface area contributed by atoms with Crippen LogP contribution in [-0.4, -0.2) is 34.7 Å². The Morgan fingerprint density at radius 2 is 2.26 bits per heavy atom. The van der Waals surface area contributed by atoms with Gasteiger partial charge in [0.15, 0.2) is 0 Å². The molecule has 0 aromatic carbocycles. The SMILES string of the molecule is CCn1cnnc1CCn1cc(-c2nccs2)nn1. The minimum Gasteiger partial charge on any atom is -0.318 e. The molecule has 8 heteroatoms. The smallest absolute Gasteiger partial charge is 0.145 e. The van der Waals surface area contributed by atoms with Crippen molar-refractivity contribution in [1.82, 2.24) is 34.7 Å². The van der Waals surface area contributed by atoms with Gasteiger partial charge in [-0.3, -0.25) is 4.68 Å². The molecule has 7 nitrogen and oxygen atoms in total. The lowest BCUT2D eigenvalue weighted by atomic mass is 10.4. The third-order valence-corrected chi connectivity index (χ3v) is 3.59. The third-order valence-electron chi connectivity index (χ3n) is 2.79. The zero-order valence-electron chi connectivity index (χ0n) is 10.5. The van der Waals surface area contributed by atoms with Crippen molar-refractivity contribution >= 4 is 11.3 Å². The first-order valence-corrected chi connectivity index (χ1v) is 6.91.